The molecule has 0 aromatic heterocycles. The van der Waals surface area contributed by atoms with Crippen molar-refractivity contribution in [1.29, 1.82) is 0 Å². The number of sulfonamides is 1. The molecule has 1 fully saturated rings. The minimum absolute atomic E-state index is 0.193. The summed E-state index contributed by atoms with van der Waals surface area (Å²) in [4.78, 5) is 12.9. The van der Waals surface area contributed by atoms with Crippen LogP contribution in [0, 0.1) is 5.92 Å². The molecule has 0 bridgehead atoms. The van der Waals surface area contributed by atoms with Gasteiger partial charge in [0.05, 0.1) is 0 Å². The van der Waals surface area contributed by atoms with Crippen LogP contribution in [0.4, 0.5) is 14.5 Å². The Kier molecular flexibility index (Phi) is 7.63. The number of hydrogen-bond donors (Lipinski definition) is 1. The highest BCUT2D eigenvalue weighted by atomic mass is 32.2. The van der Waals surface area contributed by atoms with E-state index in [1.165, 1.54) is 21.8 Å². The minimum Gasteiger partial charge on any atom is -0.326 e. The molecule has 0 unspecified atom stereocenters. The van der Waals surface area contributed by atoms with E-state index in [1.54, 1.807) is 18.2 Å². The molecule has 1 aliphatic heterocycles. The van der Waals surface area contributed by atoms with Gasteiger partial charge in [0.2, 0.25) is 15.9 Å². The van der Waals surface area contributed by atoms with E-state index in [0.717, 1.165) is 5.56 Å². The molecule has 0 atom stereocenters. The maximum atomic E-state index is 12.5. The number of alkyl halides is 2. The van der Waals surface area contributed by atoms with Gasteiger partial charge in [-0.1, -0.05) is 42.1 Å². The summed E-state index contributed by atoms with van der Waals surface area (Å²) in [5.41, 5.74) is 1.33. The lowest BCUT2D eigenvalue weighted by molar-refractivity contribution is -0.120. The number of amides is 1. The normalized spacial score (nSPS) is 16.2. The van der Waals surface area contributed by atoms with Gasteiger partial charge in [0.1, 0.15) is 0 Å². The van der Waals surface area contributed by atoms with Crippen molar-refractivity contribution in [3.63, 3.8) is 0 Å². The van der Waals surface area contributed by atoms with Crippen LogP contribution in [-0.2, 0) is 14.8 Å². The third-order valence-electron chi connectivity index (χ3n) is 4.76. The van der Waals surface area contributed by atoms with Crippen LogP contribution in [0.3, 0.4) is 0 Å². The van der Waals surface area contributed by atoms with Crippen LogP contribution < -0.4 is 5.32 Å². The number of hydrogen-bond acceptors (Lipinski definition) is 4. The number of piperidine rings is 1. The van der Waals surface area contributed by atoms with E-state index < -0.39 is 15.8 Å². The van der Waals surface area contributed by atoms with Crippen molar-refractivity contribution >= 4 is 39.5 Å². The summed E-state index contributed by atoms with van der Waals surface area (Å²) in [6.45, 7) is 0.535. The molecule has 0 radical (unpaired) electrons. The zero-order valence-electron chi connectivity index (χ0n) is 16.1. The fraction of sp³-hybridized carbons (Fsp3) is 0.286. The first kappa shape index (κ1) is 22.5. The largest absolute Gasteiger partial charge is 0.326 e. The van der Waals surface area contributed by atoms with Crippen molar-refractivity contribution in [2.24, 2.45) is 5.92 Å². The topological polar surface area (TPSA) is 66.5 Å². The quantitative estimate of drug-likeness (QED) is 0.621. The Balaban J connectivity index is 1.52. The van der Waals surface area contributed by atoms with Crippen LogP contribution >= 0.6 is 11.8 Å². The molecule has 30 heavy (non-hydrogen) atoms. The van der Waals surface area contributed by atoms with Crippen molar-refractivity contribution < 1.29 is 22.0 Å². The summed E-state index contributed by atoms with van der Waals surface area (Å²) in [6.07, 6.45) is 2.40. The summed E-state index contributed by atoms with van der Waals surface area (Å²) in [5, 5.41) is 3.97. The zero-order valence-corrected chi connectivity index (χ0v) is 17.7. The van der Waals surface area contributed by atoms with Gasteiger partial charge >= 0.3 is 0 Å². The van der Waals surface area contributed by atoms with Crippen molar-refractivity contribution in [3.8, 4) is 0 Å². The Labute approximate surface area is 179 Å². The van der Waals surface area contributed by atoms with Gasteiger partial charge in [-0.3, -0.25) is 4.79 Å². The predicted octanol–water partition coefficient (Wildman–Crippen LogP) is 4.65. The SMILES string of the molecule is O=C(Nc1ccc(SC(F)F)cc1)C1CCN(S(=O)(=O)/C=C/c2ccccc2)CC1. The van der Waals surface area contributed by atoms with Gasteiger partial charge in [-0.15, -0.1) is 0 Å². The highest BCUT2D eigenvalue weighted by Gasteiger charge is 2.30. The van der Waals surface area contributed by atoms with Crippen LogP contribution in [0.2, 0.25) is 0 Å². The van der Waals surface area contributed by atoms with Gasteiger partial charge in [0.25, 0.3) is 5.76 Å². The molecule has 160 valence electrons. The third-order valence-corrected chi connectivity index (χ3v) is 7.05. The number of thioether (sulfide) groups is 1. The van der Waals surface area contributed by atoms with Crippen molar-refractivity contribution in [3.05, 3.63) is 65.6 Å². The van der Waals surface area contributed by atoms with Crippen LogP contribution in [0.15, 0.2) is 64.9 Å². The Morgan fingerprint density at radius 1 is 1.07 bits per heavy atom. The first-order chi connectivity index (χ1) is 14.3. The highest BCUT2D eigenvalue weighted by molar-refractivity contribution is 7.99. The standard InChI is InChI=1S/C21H22F2N2O3S2/c22-21(23)29-19-8-6-18(7-9-19)24-20(26)17-10-13-25(14-11-17)30(27,28)15-12-16-4-2-1-3-5-16/h1-9,12,15,17,21H,10-11,13-14H2,(H,24,26)/b15-12+. The second-order valence-corrected chi connectivity index (χ2v) is 9.71. The molecule has 2 aromatic rings. The zero-order chi connectivity index (χ0) is 21.6. The lowest BCUT2D eigenvalue weighted by Gasteiger charge is -2.29. The van der Waals surface area contributed by atoms with Gasteiger partial charge < -0.3 is 5.32 Å². The Bertz CT molecular complexity index is 973. The van der Waals surface area contributed by atoms with E-state index in [9.17, 15) is 22.0 Å². The molecule has 1 saturated heterocycles. The fourth-order valence-corrected chi connectivity index (χ4v) is 4.87. The molecule has 5 nitrogen and oxygen atoms in total. The number of anilines is 1. The van der Waals surface area contributed by atoms with E-state index in [1.807, 2.05) is 30.3 Å². The van der Waals surface area contributed by atoms with E-state index in [-0.39, 0.29) is 24.9 Å². The molecule has 0 spiro atoms. The van der Waals surface area contributed by atoms with Crippen molar-refractivity contribution in [2.75, 3.05) is 18.4 Å². The number of halogens is 2. The van der Waals surface area contributed by atoms with Crippen LogP contribution in [-0.4, -0.2) is 37.5 Å². The number of benzene rings is 2. The number of nitrogens with zero attached hydrogens (tertiary/aromatic N) is 1. The molecule has 2 aromatic carbocycles. The molecule has 0 saturated carbocycles. The highest BCUT2D eigenvalue weighted by Crippen LogP contribution is 2.27. The summed E-state index contributed by atoms with van der Waals surface area (Å²) in [5.74, 6) is -2.99. The number of carbonyl (C=O) groups excluding carboxylic acids is 1. The average molecular weight is 453 g/mol. The Hall–Kier alpha value is -2.23. The number of carbonyl (C=O) groups is 1. The lowest BCUT2D eigenvalue weighted by atomic mass is 9.97. The molecular formula is C21H22F2N2O3S2. The van der Waals surface area contributed by atoms with Crippen molar-refractivity contribution in [2.45, 2.75) is 23.5 Å². The van der Waals surface area contributed by atoms with E-state index in [4.69, 9.17) is 0 Å². The van der Waals surface area contributed by atoms with Gasteiger partial charge in [0, 0.05) is 35.0 Å². The smallest absolute Gasteiger partial charge is 0.288 e. The van der Waals surface area contributed by atoms with Crippen molar-refractivity contribution in [1.82, 2.24) is 4.31 Å². The summed E-state index contributed by atoms with van der Waals surface area (Å²) in [7, 11) is -3.55. The van der Waals surface area contributed by atoms with Crippen LogP contribution in [0.5, 0.6) is 0 Å². The molecular weight excluding hydrogens is 430 g/mol. The average Bonchev–Trinajstić information content (AvgIpc) is 2.74. The summed E-state index contributed by atoms with van der Waals surface area (Å²) >= 11 is 0.445. The third kappa shape index (κ3) is 6.38. The lowest BCUT2D eigenvalue weighted by Crippen LogP contribution is -2.40. The van der Waals surface area contributed by atoms with E-state index in [0.29, 0.717) is 35.2 Å². The van der Waals surface area contributed by atoms with Crippen LogP contribution in [0.25, 0.3) is 6.08 Å². The first-order valence-corrected chi connectivity index (χ1v) is 11.8. The van der Waals surface area contributed by atoms with Gasteiger partial charge in [0.15, 0.2) is 0 Å². The Morgan fingerprint density at radius 2 is 1.70 bits per heavy atom. The second kappa shape index (κ2) is 10.2. The van der Waals surface area contributed by atoms with Crippen LogP contribution in [0.1, 0.15) is 18.4 Å². The fourth-order valence-electron chi connectivity index (χ4n) is 3.15. The minimum atomic E-state index is -3.55. The maximum Gasteiger partial charge on any atom is 0.288 e. The molecule has 1 heterocycles. The molecule has 1 N–H and O–H groups in total. The summed E-state index contributed by atoms with van der Waals surface area (Å²) < 4.78 is 51.2. The second-order valence-electron chi connectivity index (χ2n) is 6.82. The predicted molar refractivity (Wildman–Crippen MR) is 116 cm³/mol. The maximum absolute atomic E-state index is 12.5. The molecule has 1 amide bonds. The molecule has 9 heteroatoms. The van der Waals surface area contributed by atoms with E-state index in [2.05, 4.69) is 5.32 Å². The molecule has 1 aliphatic rings. The summed E-state index contributed by atoms with van der Waals surface area (Å²) in [6, 6.07) is 15.4. The van der Waals surface area contributed by atoms with Gasteiger partial charge in [-0.05, 0) is 48.7 Å². The number of nitrogens with one attached hydrogen (secondary N) is 1. The first-order valence-electron chi connectivity index (χ1n) is 9.42. The number of rotatable bonds is 7. The van der Waals surface area contributed by atoms with E-state index >= 15 is 0 Å². The monoisotopic (exact) mass is 452 g/mol. The van der Waals surface area contributed by atoms with Gasteiger partial charge in [-0.2, -0.15) is 13.1 Å². The van der Waals surface area contributed by atoms with Gasteiger partial charge in [-0.25, -0.2) is 8.42 Å². The molecule has 3 rings (SSSR count). The molecule has 0 aliphatic carbocycles. The Morgan fingerprint density at radius 3 is 2.30 bits per heavy atom.